The summed E-state index contributed by atoms with van der Waals surface area (Å²) in [6.45, 7) is 0. The first-order valence-corrected chi connectivity index (χ1v) is 5.50. The average Bonchev–Trinajstić information content (AvgIpc) is 2.37. The van der Waals surface area contributed by atoms with Gasteiger partial charge in [-0.15, -0.1) is 0 Å². The lowest BCUT2D eigenvalue weighted by Gasteiger charge is -2.07. The van der Waals surface area contributed by atoms with Crippen LogP contribution in [0.5, 0.6) is 0 Å². The molecule has 0 aromatic heterocycles. The van der Waals surface area contributed by atoms with Gasteiger partial charge in [0.05, 0.1) is 5.69 Å². The first-order valence-electron chi connectivity index (χ1n) is 5.50. The van der Waals surface area contributed by atoms with Crippen molar-refractivity contribution in [2.45, 2.75) is 6.42 Å². The van der Waals surface area contributed by atoms with Crippen LogP contribution in [0.3, 0.4) is 0 Å². The molecule has 2 aromatic carbocycles. The lowest BCUT2D eigenvalue weighted by molar-refractivity contribution is 0.0991. The molecule has 0 aliphatic heterocycles. The van der Waals surface area contributed by atoms with Crippen LogP contribution in [0.4, 0.5) is 18.9 Å². The van der Waals surface area contributed by atoms with Crippen LogP contribution in [0.25, 0.3) is 0 Å². The molecule has 5 heteroatoms. The Kier molecular flexibility index (Phi) is 3.55. The zero-order valence-electron chi connectivity index (χ0n) is 9.79. The van der Waals surface area contributed by atoms with Gasteiger partial charge in [-0.2, -0.15) is 0 Å². The van der Waals surface area contributed by atoms with Gasteiger partial charge in [-0.3, -0.25) is 4.79 Å². The van der Waals surface area contributed by atoms with E-state index >= 15 is 0 Å². The van der Waals surface area contributed by atoms with Crippen LogP contribution >= 0.6 is 0 Å². The van der Waals surface area contributed by atoms with E-state index in [1.54, 1.807) is 0 Å². The highest BCUT2D eigenvalue weighted by molar-refractivity contribution is 6.02. The second-order valence-electron chi connectivity index (χ2n) is 4.00. The number of nitrogen functional groups attached to an aromatic ring is 1. The molecule has 2 nitrogen and oxygen atoms in total. The monoisotopic (exact) mass is 265 g/mol. The fraction of sp³-hybridized carbons (Fsp3) is 0.0714. The SMILES string of the molecule is Nc1c(F)cccc1C(=O)Cc1c(F)cccc1F. The molecule has 2 N–H and O–H groups in total. The molecule has 0 heterocycles. The second kappa shape index (κ2) is 5.14. The fourth-order valence-corrected chi connectivity index (χ4v) is 1.74. The van der Waals surface area contributed by atoms with Gasteiger partial charge in [-0.1, -0.05) is 12.1 Å². The van der Waals surface area contributed by atoms with Crippen molar-refractivity contribution >= 4 is 11.5 Å². The summed E-state index contributed by atoms with van der Waals surface area (Å²) in [5.74, 6) is -3.01. The Morgan fingerprint density at radius 3 is 2.11 bits per heavy atom. The molecule has 0 aliphatic carbocycles. The van der Waals surface area contributed by atoms with Crippen LogP contribution in [0.2, 0.25) is 0 Å². The molecule has 0 radical (unpaired) electrons. The third-order valence-corrected chi connectivity index (χ3v) is 2.75. The molecule has 0 unspecified atom stereocenters. The molecular weight excluding hydrogens is 255 g/mol. The smallest absolute Gasteiger partial charge is 0.169 e. The number of hydrogen-bond acceptors (Lipinski definition) is 2. The Balaban J connectivity index is 2.34. The Labute approximate surface area is 107 Å². The van der Waals surface area contributed by atoms with Gasteiger partial charge in [0.15, 0.2) is 5.78 Å². The van der Waals surface area contributed by atoms with Gasteiger partial charge in [0.25, 0.3) is 0 Å². The Hall–Kier alpha value is -2.30. The minimum Gasteiger partial charge on any atom is -0.396 e. The predicted molar refractivity (Wildman–Crippen MR) is 65.2 cm³/mol. The number of anilines is 1. The summed E-state index contributed by atoms with van der Waals surface area (Å²) in [6.07, 6.45) is -0.508. The third kappa shape index (κ3) is 2.59. The van der Waals surface area contributed by atoms with Gasteiger partial charge >= 0.3 is 0 Å². The normalized spacial score (nSPS) is 10.5. The van der Waals surface area contributed by atoms with Gasteiger partial charge in [0.2, 0.25) is 0 Å². The molecule has 0 aliphatic rings. The van der Waals surface area contributed by atoms with Crippen LogP contribution in [0.15, 0.2) is 36.4 Å². The van der Waals surface area contributed by atoms with E-state index in [-0.39, 0.29) is 16.8 Å². The molecule has 0 atom stereocenters. The van der Waals surface area contributed by atoms with E-state index in [1.807, 2.05) is 0 Å². The van der Waals surface area contributed by atoms with Gasteiger partial charge in [-0.05, 0) is 24.3 Å². The summed E-state index contributed by atoms with van der Waals surface area (Å²) in [4.78, 5) is 11.9. The maximum atomic E-state index is 13.4. The van der Waals surface area contributed by atoms with Crippen LogP contribution < -0.4 is 5.73 Å². The number of benzene rings is 2. The standard InChI is InChI=1S/C14H10F3NO/c15-10-4-2-5-11(16)9(10)7-13(19)8-3-1-6-12(17)14(8)18/h1-6H,7,18H2. The maximum Gasteiger partial charge on any atom is 0.169 e. The third-order valence-electron chi connectivity index (χ3n) is 2.75. The number of rotatable bonds is 3. The molecule has 2 aromatic rings. The topological polar surface area (TPSA) is 43.1 Å². The van der Waals surface area contributed by atoms with Crippen molar-refractivity contribution in [1.29, 1.82) is 0 Å². The molecule has 98 valence electrons. The average molecular weight is 265 g/mol. The molecule has 0 spiro atoms. The quantitative estimate of drug-likeness (QED) is 0.684. The number of carbonyl (C=O) groups is 1. The highest BCUT2D eigenvalue weighted by Crippen LogP contribution is 2.20. The van der Waals surface area contributed by atoms with Crippen LogP contribution in [0.1, 0.15) is 15.9 Å². The van der Waals surface area contributed by atoms with E-state index in [9.17, 15) is 18.0 Å². The van der Waals surface area contributed by atoms with Crippen molar-refractivity contribution < 1.29 is 18.0 Å². The number of halogens is 3. The summed E-state index contributed by atoms with van der Waals surface area (Å²) < 4.78 is 40.0. The van der Waals surface area contributed by atoms with E-state index in [4.69, 9.17) is 5.73 Å². The molecule has 0 fully saturated rings. The molecule has 2 rings (SSSR count). The first kappa shape index (κ1) is 13.1. The Bertz CT molecular complexity index is 620. The lowest BCUT2D eigenvalue weighted by Crippen LogP contribution is -2.10. The van der Waals surface area contributed by atoms with E-state index < -0.39 is 29.7 Å². The van der Waals surface area contributed by atoms with E-state index in [1.165, 1.54) is 18.2 Å². The van der Waals surface area contributed by atoms with Crippen molar-refractivity contribution in [3.8, 4) is 0 Å². The van der Waals surface area contributed by atoms with Crippen molar-refractivity contribution in [2.75, 3.05) is 5.73 Å². The zero-order chi connectivity index (χ0) is 14.0. The first-order chi connectivity index (χ1) is 9.00. The molecule has 19 heavy (non-hydrogen) atoms. The second-order valence-corrected chi connectivity index (χ2v) is 4.00. The van der Waals surface area contributed by atoms with E-state index in [2.05, 4.69) is 0 Å². The summed E-state index contributed by atoms with van der Waals surface area (Å²) in [5, 5.41) is 0. The van der Waals surface area contributed by atoms with E-state index in [0.717, 1.165) is 18.2 Å². The summed E-state index contributed by atoms with van der Waals surface area (Å²) >= 11 is 0. The molecule has 0 saturated carbocycles. The summed E-state index contributed by atoms with van der Waals surface area (Å²) in [7, 11) is 0. The maximum absolute atomic E-state index is 13.4. The van der Waals surface area contributed by atoms with E-state index in [0.29, 0.717) is 0 Å². The van der Waals surface area contributed by atoms with Gasteiger partial charge in [0.1, 0.15) is 17.5 Å². The van der Waals surface area contributed by atoms with Crippen molar-refractivity contribution in [1.82, 2.24) is 0 Å². The summed E-state index contributed by atoms with van der Waals surface area (Å²) in [5.41, 5.74) is 4.68. The van der Waals surface area contributed by atoms with Gasteiger partial charge in [-0.25, -0.2) is 13.2 Å². The minimum absolute atomic E-state index is 0.0809. The van der Waals surface area contributed by atoms with Crippen molar-refractivity contribution in [3.63, 3.8) is 0 Å². The van der Waals surface area contributed by atoms with Crippen LogP contribution in [-0.2, 0) is 6.42 Å². The number of para-hydroxylation sites is 1. The molecular formula is C14H10F3NO. The van der Waals surface area contributed by atoms with Gasteiger partial charge < -0.3 is 5.73 Å². The molecule has 0 bridgehead atoms. The number of nitrogens with two attached hydrogens (primary N) is 1. The number of Topliss-reactive ketones (excluding diaryl/α,β-unsaturated/α-hetero) is 1. The largest absolute Gasteiger partial charge is 0.396 e. The summed E-state index contributed by atoms with van der Waals surface area (Å²) in [6, 6.07) is 7.06. The van der Waals surface area contributed by atoms with Crippen molar-refractivity contribution in [2.24, 2.45) is 0 Å². The minimum atomic E-state index is -0.816. The Morgan fingerprint density at radius 1 is 0.947 bits per heavy atom. The fourth-order valence-electron chi connectivity index (χ4n) is 1.74. The predicted octanol–water partition coefficient (Wildman–Crippen LogP) is 3.11. The Morgan fingerprint density at radius 2 is 1.47 bits per heavy atom. The highest BCUT2D eigenvalue weighted by atomic mass is 19.1. The van der Waals surface area contributed by atoms with Crippen LogP contribution in [0, 0.1) is 17.5 Å². The lowest BCUT2D eigenvalue weighted by atomic mass is 10.0. The highest BCUT2D eigenvalue weighted by Gasteiger charge is 2.17. The van der Waals surface area contributed by atoms with Gasteiger partial charge in [0, 0.05) is 17.5 Å². The molecule has 0 amide bonds. The number of ketones is 1. The number of carbonyl (C=O) groups excluding carboxylic acids is 1. The van der Waals surface area contributed by atoms with Crippen LogP contribution in [-0.4, -0.2) is 5.78 Å². The number of hydrogen-bond donors (Lipinski definition) is 1. The molecule has 0 saturated heterocycles. The van der Waals surface area contributed by atoms with Crippen molar-refractivity contribution in [3.05, 3.63) is 65.0 Å². The zero-order valence-corrected chi connectivity index (χ0v) is 9.79.